The van der Waals surface area contributed by atoms with Crippen molar-refractivity contribution in [2.75, 3.05) is 10.6 Å². The zero-order chi connectivity index (χ0) is 23.5. The van der Waals surface area contributed by atoms with Gasteiger partial charge in [0.2, 0.25) is 5.91 Å². The minimum atomic E-state index is -0.337. The number of ether oxygens (including phenoxy) is 1. The van der Waals surface area contributed by atoms with Gasteiger partial charge in [-0.25, -0.2) is 4.98 Å². The van der Waals surface area contributed by atoms with Crippen LogP contribution in [0.3, 0.4) is 0 Å². The van der Waals surface area contributed by atoms with Crippen molar-refractivity contribution in [1.82, 2.24) is 4.98 Å². The van der Waals surface area contributed by atoms with Gasteiger partial charge in [0, 0.05) is 16.1 Å². The molecular weight excluding hydrogens is 446 g/mol. The number of hydrogen-bond donors (Lipinski definition) is 2. The third kappa shape index (κ3) is 4.84. The quantitative estimate of drug-likeness (QED) is 0.354. The summed E-state index contributed by atoms with van der Waals surface area (Å²) in [5, 5.41) is 6.37. The van der Waals surface area contributed by atoms with Crippen LogP contribution in [0, 0.1) is 6.92 Å². The molecule has 1 atom stereocenters. The van der Waals surface area contributed by atoms with Gasteiger partial charge in [0.25, 0.3) is 5.91 Å². The van der Waals surface area contributed by atoms with E-state index in [1.54, 1.807) is 12.1 Å². The highest BCUT2D eigenvalue weighted by atomic mass is 32.1. The first-order valence-electron chi connectivity index (χ1n) is 11.1. The molecule has 2 N–H and O–H groups in total. The zero-order valence-corrected chi connectivity index (χ0v) is 19.4. The summed E-state index contributed by atoms with van der Waals surface area (Å²) in [6, 6.07) is 24.2. The van der Waals surface area contributed by atoms with Crippen molar-refractivity contribution < 1.29 is 14.3 Å². The Bertz CT molecular complexity index is 1320. The molecule has 0 aliphatic heterocycles. The predicted octanol–water partition coefficient (Wildman–Crippen LogP) is 6.16. The Morgan fingerprint density at radius 2 is 1.62 bits per heavy atom. The van der Waals surface area contributed by atoms with Crippen LogP contribution in [0.2, 0.25) is 0 Å². The van der Waals surface area contributed by atoms with E-state index in [1.807, 2.05) is 73.7 Å². The molecule has 0 radical (unpaired) electrons. The second-order valence-corrected chi connectivity index (χ2v) is 9.25. The Labute approximate surface area is 201 Å². The first kappa shape index (κ1) is 21.9. The van der Waals surface area contributed by atoms with E-state index in [9.17, 15) is 9.59 Å². The van der Waals surface area contributed by atoms with Gasteiger partial charge in [-0.05, 0) is 68.3 Å². The monoisotopic (exact) mass is 469 g/mol. The maximum atomic E-state index is 13.0. The van der Waals surface area contributed by atoms with Crippen LogP contribution in [-0.4, -0.2) is 16.8 Å². The smallest absolute Gasteiger partial charge is 0.257 e. The number of hydrogen-bond acceptors (Lipinski definition) is 5. The lowest BCUT2D eigenvalue weighted by Gasteiger charge is -2.12. The molecule has 0 bridgehead atoms. The number of nitrogens with one attached hydrogen (secondary N) is 2. The minimum Gasteiger partial charge on any atom is -0.457 e. The van der Waals surface area contributed by atoms with E-state index in [1.165, 1.54) is 11.3 Å². The molecule has 34 heavy (non-hydrogen) atoms. The lowest BCUT2D eigenvalue weighted by molar-refractivity contribution is -0.117. The first-order chi connectivity index (χ1) is 16.5. The fourth-order valence-electron chi connectivity index (χ4n) is 3.87. The number of rotatable bonds is 6. The topological polar surface area (TPSA) is 80.3 Å². The van der Waals surface area contributed by atoms with Crippen LogP contribution in [0.4, 0.5) is 10.8 Å². The first-order valence-corrected chi connectivity index (χ1v) is 11.9. The molecule has 4 aromatic rings. The number of aromatic nitrogens is 1. The lowest BCUT2D eigenvalue weighted by Crippen LogP contribution is -2.20. The maximum absolute atomic E-state index is 13.0. The number of fused-ring (bicyclic) bond motifs is 1. The summed E-state index contributed by atoms with van der Waals surface area (Å²) in [6.07, 6.45) is 1.48. The van der Waals surface area contributed by atoms with Crippen LogP contribution in [0.5, 0.6) is 11.5 Å². The zero-order valence-electron chi connectivity index (χ0n) is 18.6. The van der Waals surface area contributed by atoms with Gasteiger partial charge in [-0.3, -0.25) is 14.9 Å². The molecule has 0 spiro atoms. The van der Waals surface area contributed by atoms with Crippen molar-refractivity contribution in [3.8, 4) is 11.5 Å². The molecule has 6 nitrogen and oxygen atoms in total. The van der Waals surface area contributed by atoms with Gasteiger partial charge < -0.3 is 10.1 Å². The fraction of sp³-hybridized carbons (Fsp3) is 0.148. The number of thiazole rings is 1. The lowest BCUT2D eigenvalue weighted by atomic mass is 10.1. The standard InChI is InChI=1S/C27H23N3O3S/c1-17-7-9-18(10-8-17)25(31)30-27-29-24-22(15-16-23(24)34-27)26(32)28-19-11-13-21(14-12-19)33-20-5-3-2-4-6-20/h2-14,22H,15-16H2,1H3,(H,28,32)(H,29,30,31). The molecular formula is C27H23N3O3S. The molecule has 0 fully saturated rings. The van der Waals surface area contributed by atoms with E-state index >= 15 is 0 Å². The van der Waals surface area contributed by atoms with Crippen molar-refractivity contribution >= 4 is 34.0 Å². The van der Waals surface area contributed by atoms with Gasteiger partial charge in [0.15, 0.2) is 5.13 Å². The van der Waals surface area contributed by atoms with Crippen LogP contribution in [0.25, 0.3) is 0 Å². The summed E-state index contributed by atoms with van der Waals surface area (Å²) >= 11 is 1.44. The number of nitrogens with zero attached hydrogens (tertiary/aromatic N) is 1. The molecule has 0 saturated heterocycles. The second-order valence-electron chi connectivity index (χ2n) is 8.17. The fourth-order valence-corrected chi connectivity index (χ4v) is 4.90. The van der Waals surface area contributed by atoms with Gasteiger partial charge >= 0.3 is 0 Å². The third-order valence-electron chi connectivity index (χ3n) is 5.67. The van der Waals surface area contributed by atoms with Gasteiger partial charge in [-0.15, -0.1) is 11.3 Å². The average molecular weight is 470 g/mol. The van der Waals surface area contributed by atoms with Crippen LogP contribution in [0.1, 0.15) is 38.8 Å². The SMILES string of the molecule is Cc1ccc(C(=O)Nc2nc3c(s2)CCC3C(=O)Nc2ccc(Oc3ccccc3)cc2)cc1. The third-order valence-corrected chi connectivity index (χ3v) is 6.72. The minimum absolute atomic E-state index is 0.0998. The largest absolute Gasteiger partial charge is 0.457 e. The molecule has 2 amide bonds. The van der Waals surface area contributed by atoms with Crippen LogP contribution in [-0.2, 0) is 11.2 Å². The van der Waals surface area contributed by atoms with Crippen molar-refractivity contribution in [2.24, 2.45) is 0 Å². The van der Waals surface area contributed by atoms with Crippen molar-refractivity contribution in [2.45, 2.75) is 25.7 Å². The van der Waals surface area contributed by atoms with E-state index < -0.39 is 0 Å². The van der Waals surface area contributed by atoms with E-state index in [4.69, 9.17) is 4.74 Å². The van der Waals surface area contributed by atoms with Crippen molar-refractivity contribution in [3.05, 3.63) is 101 Å². The molecule has 1 heterocycles. The molecule has 5 rings (SSSR count). The number of benzene rings is 3. The molecule has 0 saturated carbocycles. The highest BCUT2D eigenvalue weighted by Gasteiger charge is 2.33. The van der Waals surface area contributed by atoms with E-state index in [-0.39, 0.29) is 17.7 Å². The Kier molecular flexibility index (Phi) is 6.10. The van der Waals surface area contributed by atoms with E-state index in [2.05, 4.69) is 15.6 Å². The van der Waals surface area contributed by atoms with Gasteiger partial charge in [0.05, 0.1) is 11.6 Å². The molecule has 1 aliphatic rings. The van der Waals surface area contributed by atoms with Crippen LogP contribution in [0.15, 0.2) is 78.9 Å². The molecule has 170 valence electrons. The van der Waals surface area contributed by atoms with E-state index in [0.29, 0.717) is 28.6 Å². The Hall–Kier alpha value is -3.97. The molecule has 1 unspecified atom stereocenters. The Morgan fingerprint density at radius 3 is 2.35 bits per heavy atom. The molecule has 3 aromatic carbocycles. The summed E-state index contributed by atoms with van der Waals surface area (Å²) in [5.74, 6) is 0.812. The number of carbonyl (C=O) groups is 2. The number of para-hydroxylation sites is 1. The number of anilines is 2. The number of carbonyl (C=O) groups excluding carboxylic acids is 2. The molecule has 1 aliphatic carbocycles. The van der Waals surface area contributed by atoms with Gasteiger partial charge in [-0.1, -0.05) is 35.9 Å². The van der Waals surface area contributed by atoms with Crippen LogP contribution < -0.4 is 15.4 Å². The highest BCUT2D eigenvalue weighted by molar-refractivity contribution is 7.16. The van der Waals surface area contributed by atoms with Crippen LogP contribution >= 0.6 is 11.3 Å². The normalized spacial score (nSPS) is 14.3. The Balaban J connectivity index is 1.22. The summed E-state index contributed by atoms with van der Waals surface area (Å²) in [4.78, 5) is 31.1. The van der Waals surface area contributed by atoms with Gasteiger partial charge in [0.1, 0.15) is 11.5 Å². The number of amides is 2. The summed E-state index contributed by atoms with van der Waals surface area (Å²) < 4.78 is 5.80. The number of aryl methyl sites for hydroxylation is 2. The molecule has 7 heteroatoms. The maximum Gasteiger partial charge on any atom is 0.257 e. The summed E-state index contributed by atoms with van der Waals surface area (Å²) in [5.41, 5.74) is 3.12. The van der Waals surface area contributed by atoms with E-state index in [0.717, 1.165) is 28.3 Å². The second kappa shape index (κ2) is 9.49. The average Bonchev–Trinajstić information content (AvgIpc) is 3.41. The predicted molar refractivity (Wildman–Crippen MR) is 134 cm³/mol. The van der Waals surface area contributed by atoms with Gasteiger partial charge in [-0.2, -0.15) is 0 Å². The van der Waals surface area contributed by atoms with Crippen molar-refractivity contribution in [1.29, 1.82) is 0 Å². The highest BCUT2D eigenvalue weighted by Crippen LogP contribution is 2.39. The molecule has 1 aromatic heterocycles. The van der Waals surface area contributed by atoms with Crippen molar-refractivity contribution in [3.63, 3.8) is 0 Å². The summed E-state index contributed by atoms with van der Waals surface area (Å²) in [7, 11) is 0. The summed E-state index contributed by atoms with van der Waals surface area (Å²) in [6.45, 7) is 1.98. The Morgan fingerprint density at radius 1 is 0.912 bits per heavy atom.